The largest absolute Gasteiger partial charge is 0.365 e. The van der Waals surface area contributed by atoms with Crippen molar-refractivity contribution in [3.8, 4) is 0 Å². The molecule has 2 heterocycles. The molecule has 0 saturated heterocycles. The number of benzene rings is 1. The Bertz CT molecular complexity index is 663. The first-order valence-corrected chi connectivity index (χ1v) is 6.14. The molecule has 0 bridgehead atoms. The molecule has 0 atom stereocenters. The first-order chi connectivity index (χ1) is 8.81. The SMILES string of the molecule is Brc1ccc(CNc2ccc3nnnn3n2)cc1. The lowest BCUT2D eigenvalue weighted by atomic mass is 10.2. The second kappa shape index (κ2) is 4.69. The fourth-order valence-corrected chi connectivity index (χ4v) is 1.80. The van der Waals surface area contributed by atoms with Crippen LogP contribution in [0.2, 0.25) is 0 Å². The van der Waals surface area contributed by atoms with Crippen LogP contribution in [0.5, 0.6) is 0 Å². The maximum atomic E-state index is 4.23. The van der Waals surface area contributed by atoms with Crippen LogP contribution in [-0.4, -0.2) is 25.3 Å². The van der Waals surface area contributed by atoms with Crippen LogP contribution in [0.15, 0.2) is 40.9 Å². The van der Waals surface area contributed by atoms with Gasteiger partial charge in [0, 0.05) is 11.0 Å². The molecule has 0 saturated carbocycles. The van der Waals surface area contributed by atoms with E-state index in [0.29, 0.717) is 12.2 Å². The highest BCUT2D eigenvalue weighted by molar-refractivity contribution is 9.10. The number of hydrogen-bond acceptors (Lipinski definition) is 5. The van der Waals surface area contributed by atoms with Crippen LogP contribution in [0, 0.1) is 0 Å². The van der Waals surface area contributed by atoms with E-state index in [1.54, 1.807) is 0 Å². The lowest BCUT2D eigenvalue weighted by Crippen LogP contribution is -2.04. The minimum absolute atomic E-state index is 0.629. The van der Waals surface area contributed by atoms with Gasteiger partial charge in [0.15, 0.2) is 5.65 Å². The van der Waals surface area contributed by atoms with Crippen molar-refractivity contribution in [2.45, 2.75) is 6.54 Å². The van der Waals surface area contributed by atoms with Crippen molar-refractivity contribution in [3.63, 3.8) is 0 Å². The van der Waals surface area contributed by atoms with Crippen LogP contribution >= 0.6 is 15.9 Å². The molecular formula is C11H9BrN6. The summed E-state index contributed by atoms with van der Waals surface area (Å²) in [6, 6.07) is 11.8. The highest BCUT2D eigenvalue weighted by Gasteiger charge is 2.00. The van der Waals surface area contributed by atoms with Crippen LogP contribution in [0.4, 0.5) is 5.82 Å². The van der Waals surface area contributed by atoms with Crippen molar-refractivity contribution in [2.75, 3.05) is 5.32 Å². The Hall–Kier alpha value is -2.02. The standard InChI is InChI=1S/C11H9BrN6/c12-9-3-1-8(2-4-9)7-13-10-5-6-11-14-16-17-18(11)15-10/h1-6H,7H2,(H,13,15). The Morgan fingerprint density at radius 2 is 1.94 bits per heavy atom. The van der Waals surface area contributed by atoms with E-state index in [4.69, 9.17) is 0 Å². The molecule has 3 aromatic rings. The molecule has 0 spiro atoms. The molecule has 90 valence electrons. The van der Waals surface area contributed by atoms with Crippen molar-refractivity contribution >= 4 is 27.4 Å². The van der Waals surface area contributed by atoms with Gasteiger partial charge < -0.3 is 5.32 Å². The first-order valence-electron chi connectivity index (χ1n) is 5.35. The van der Waals surface area contributed by atoms with Gasteiger partial charge >= 0.3 is 0 Å². The summed E-state index contributed by atoms with van der Waals surface area (Å²) in [5, 5.41) is 18.5. The first kappa shape index (κ1) is 11.1. The van der Waals surface area contributed by atoms with Gasteiger partial charge in [-0.05, 0) is 40.3 Å². The average Bonchev–Trinajstić information content (AvgIpc) is 2.85. The quantitative estimate of drug-likeness (QED) is 0.800. The number of nitrogens with zero attached hydrogens (tertiary/aromatic N) is 5. The summed E-state index contributed by atoms with van der Waals surface area (Å²) in [5.41, 5.74) is 1.81. The minimum Gasteiger partial charge on any atom is -0.365 e. The fraction of sp³-hybridized carbons (Fsp3) is 0.0909. The maximum absolute atomic E-state index is 4.23. The third-order valence-corrected chi connectivity index (χ3v) is 2.99. The van der Waals surface area contributed by atoms with Crippen molar-refractivity contribution in [1.29, 1.82) is 0 Å². The van der Waals surface area contributed by atoms with Crippen LogP contribution in [0.25, 0.3) is 5.65 Å². The molecule has 18 heavy (non-hydrogen) atoms. The van der Waals surface area contributed by atoms with Gasteiger partial charge in [0.25, 0.3) is 0 Å². The minimum atomic E-state index is 0.629. The Balaban J connectivity index is 1.74. The zero-order valence-electron chi connectivity index (χ0n) is 9.29. The van der Waals surface area contributed by atoms with Gasteiger partial charge in [-0.3, -0.25) is 0 Å². The fourth-order valence-electron chi connectivity index (χ4n) is 1.54. The number of aromatic nitrogens is 5. The average molecular weight is 305 g/mol. The number of fused-ring (bicyclic) bond motifs is 1. The van der Waals surface area contributed by atoms with Crippen LogP contribution in [-0.2, 0) is 6.54 Å². The molecule has 0 amide bonds. The summed E-state index contributed by atoms with van der Waals surface area (Å²) in [6.07, 6.45) is 0. The molecule has 0 aliphatic rings. The van der Waals surface area contributed by atoms with E-state index < -0.39 is 0 Å². The molecule has 0 aliphatic heterocycles. The second-order valence-electron chi connectivity index (χ2n) is 3.73. The monoisotopic (exact) mass is 304 g/mol. The molecule has 0 fully saturated rings. The summed E-state index contributed by atoms with van der Waals surface area (Å²) in [5.74, 6) is 0.734. The van der Waals surface area contributed by atoms with Gasteiger partial charge in [-0.15, -0.1) is 14.8 Å². The summed E-state index contributed by atoms with van der Waals surface area (Å²) in [6.45, 7) is 0.702. The van der Waals surface area contributed by atoms with Crippen molar-refractivity contribution < 1.29 is 0 Å². The predicted molar refractivity (Wildman–Crippen MR) is 70.0 cm³/mol. The van der Waals surface area contributed by atoms with E-state index in [1.807, 2.05) is 36.4 Å². The number of rotatable bonds is 3. The van der Waals surface area contributed by atoms with E-state index in [2.05, 4.69) is 41.9 Å². The number of anilines is 1. The lowest BCUT2D eigenvalue weighted by molar-refractivity contribution is 0.734. The molecular weight excluding hydrogens is 296 g/mol. The van der Waals surface area contributed by atoms with E-state index in [9.17, 15) is 0 Å². The van der Waals surface area contributed by atoms with Crippen LogP contribution < -0.4 is 5.32 Å². The predicted octanol–water partition coefficient (Wildman–Crippen LogP) is 1.89. The third kappa shape index (κ3) is 2.30. The van der Waals surface area contributed by atoms with Crippen molar-refractivity contribution in [3.05, 3.63) is 46.4 Å². The Morgan fingerprint density at radius 3 is 2.78 bits per heavy atom. The highest BCUT2D eigenvalue weighted by atomic mass is 79.9. The number of hydrogen-bond donors (Lipinski definition) is 1. The highest BCUT2D eigenvalue weighted by Crippen LogP contribution is 2.12. The molecule has 7 heteroatoms. The molecule has 0 radical (unpaired) electrons. The van der Waals surface area contributed by atoms with E-state index in [0.717, 1.165) is 10.3 Å². The zero-order chi connectivity index (χ0) is 12.4. The van der Waals surface area contributed by atoms with Gasteiger partial charge in [-0.25, -0.2) is 0 Å². The zero-order valence-corrected chi connectivity index (χ0v) is 10.9. The maximum Gasteiger partial charge on any atom is 0.200 e. The molecule has 0 unspecified atom stereocenters. The summed E-state index contributed by atoms with van der Waals surface area (Å²) >= 11 is 3.41. The summed E-state index contributed by atoms with van der Waals surface area (Å²) < 4.78 is 2.46. The molecule has 1 N–H and O–H groups in total. The van der Waals surface area contributed by atoms with Gasteiger partial charge in [-0.1, -0.05) is 28.1 Å². The number of tetrazole rings is 1. The Morgan fingerprint density at radius 1 is 1.11 bits per heavy atom. The topological polar surface area (TPSA) is 68.0 Å². The number of nitrogens with one attached hydrogen (secondary N) is 1. The van der Waals surface area contributed by atoms with E-state index in [-0.39, 0.29) is 0 Å². The number of halogens is 1. The third-order valence-electron chi connectivity index (χ3n) is 2.46. The molecule has 1 aromatic carbocycles. The molecule has 2 aromatic heterocycles. The van der Waals surface area contributed by atoms with Gasteiger partial charge in [0.1, 0.15) is 5.82 Å². The summed E-state index contributed by atoms with van der Waals surface area (Å²) in [4.78, 5) is 0. The second-order valence-corrected chi connectivity index (χ2v) is 4.64. The van der Waals surface area contributed by atoms with Gasteiger partial charge in [-0.2, -0.15) is 0 Å². The molecule has 3 rings (SSSR count). The Labute approximate surface area is 111 Å². The summed E-state index contributed by atoms with van der Waals surface area (Å²) in [7, 11) is 0. The van der Waals surface area contributed by atoms with Crippen LogP contribution in [0.3, 0.4) is 0 Å². The lowest BCUT2D eigenvalue weighted by Gasteiger charge is -2.05. The molecule has 0 aliphatic carbocycles. The van der Waals surface area contributed by atoms with Crippen molar-refractivity contribution in [1.82, 2.24) is 25.3 Å². The van der Waals surface area contributed by atoms with Crippen LogP contribution in [0.1, 0.15) is 5.56 Å². The van der Waals surface area contributed by atoms with E-state index in [1.165, 1.54) is 10.2 Å². The van der Waals surface area contributed by atoms with E-state index >= 15 is 0 Å². The Kier molecular flexibility index (Phi) is 2.89. The van der Waals surface area contributed by atoms with Gasteiger partial charge in [0.05, 0.1) is 0 Å². The molecule has 6 nitrogen and oxygen atoms in total. The smallest absolute Gasteiger partial charge is 0.200 e. The van der Waals surface area contributed by atoms with Crippen molar-refractivity contribution in [2.24, 2.45) is 0 Å². The normalized spacial score (nSPS) is 10.7. The van der Waals surface area contributed by atoms with Gasteiger partial charge in [0.2, 0.25) is 0 Å².